The van der Waals surface area contributed by atoms with Crippen LogP contribution in [0.2, 0.25) is 0 Å². The van der Waals surface area contributed by atoms with Crippen LogP contribution in [0.1, 0.15) is 39.0 Å². The lowest BCUT2D eigenvalue weighted by molar-refractivity contribution is 0.269. The van der Waals surface area contributed by atoms with Crippen molar-refractivity contribution >= 4 is 10.0 Å². The van der Waals surface area contributed by atoms with Crippen LogP contribution in [0, 0.1) is 5.92 Å². The second-order valence-electron chi connectivity index (χ2n) is 5.08. The van der Waals surface area contributed by atoms with Crippen molar-refractivity contribution in [1.29, 1.82) is 0 Å². The van der Waals surface area contributed by atoms with Crippen molar-refractivity contribution in [1.82, 2.24) is 4.90 Å². The van der Waals surface area contributed by atoms with Gasteiger partial charge in [0.05, 0.1) is 4.91 Å². The molecule has 5 heteroatoms. The van der Waals surface area contributed by atoms with Gasteiger partial charge in [-0.05, 0) is 31.8 Å². The molecule has 1 fully saturated rings. The molecule has 0 atom stereocenters. The van der Waals surface area contributed by atoms with E-state index in [0.29, 0.717) is 11.6 Å². The standard InChI is InChI=1S/C13H24N2O2S/c1-4-13(18(14,16)17)11(2)15(3)10-12-8-6-5-7-9-12/h4,12H,1,5-10H2,2-3H3,(H2,14,16,17). The number of nitrogens with zero attached hydrogens (tertiary/aromatic N) is 1. The first-order valence-electron chi connectivity index (χ1n) is 6.43. The molecule has 0 aromatic carbocycles. The molecule has 4 nitrogen and oxygen atoms in total. The van der Waals surface area contributed by atoms with Gasteiger partial charge in [0.15, 0.2) is 0 Å². The van der Waals surface area contributed by atoms with Crippen LogP contribution < -0.4 is 5.14 Å². The summed E-state index contributed by atoms with van der Waals surface area (Å²) in [5, 5.41) is 5.18. The van der Waals surface area contributed by atoms with E-state index in [4.69, 9.17) is 5.14 Å². The predicted molar refractivity (Wildman–Crippen MR) is 75.2 cm³/mol. The van der Waals surface area contributed by atoms with Crippen LogP contribution in [0.5, 0.6) is 0 Å². The molecule has 1 rings (SSSR count). The molecule has 0 aromatic rings. The van der Waals surface area contributed by atoms with Crippen molar-refractivity contribution in [2.24, 2.45) is 11.1 Å². The Morgan fingerprint density at radius 3 is 2.39 bits per heavy atom. The van der Waals surface area contributed by atoms with Gasteiger partial charge in [0, 0.05) is 19.3 Å². The number of sulfonamides is 1. The van der Waals surface area contributed by atoms with E-state index in [9.17, 15) is 8.42 Å². The highest BCUT2D eigenvalue weighted by Gasteiger charge is 2.19. The average Bonchev–Trinajstić information content (AvgIpc) is 2.29. The number of primary sulfonamides is 1. The van der Waals surface area contributed by atoms with Crippen LogP contribution in [-0.4, -0.2) is 26.9 Å². The zero-order chi connectivity index (χ0) is 13.8. The van der Waals surface area contributed by atoms with Crippen LogP contribution in [0.25, 0.3) is 0 Å². The summed E-state index contributed by atoms with van der Waals surface area (Å²) in [5.41, 5.74) is 0.679. The SMILES string of the molecule is C=CC(=C(C)N(C)CC1CCCCC1)S(N)(=O)=O. The van der Waals surface area contributed by atoms with E-state index in [-0.39, 0.29) is 4.91 Å². The maximum Gasteiger partial charge on any atom is 0.239 e. The van der Waals surface area contributed by atoms with Crippen LogP contribution in [0.15, 0.2) is 23.3 Å². The van der Waals surface area contributed by atoms with Gasteiger partial charge in [-0.3, -0.25) is 0 Å². The van der Waals surface area contributed by atoms with Crippen LogP contribution in [0.4, 0.5) is 0 Å². The average molecular weight is 272 g/mol. The molecule has 1 aliphatic carbocycles. The normalized spacial score (nSPS) is 19.3. The second-order valence-corrected chi connectivity index (χ2v) is 6.61. The minimum Gasteiger partial charge on any atom is -0.377 e. The van der Waals surface area contributed by atoms with E-state index in [1.165, 1.54) is 38.2 Å². The predicted octanol–water partition coefficient (Wildman–Crippen LogP) is 2.20. The molecule has 18 heavy (non-hydrogen) atoms. The summed E-state index contributed by atoms with van der Waals surface area (Å²) in [4.78, 5) is 2.11. The number of rotatable bonds is 5. The molecule has 1 aliphatic rings. The van der Waals surface area contributed by atoms with Gasteiger partial charge in [-0.25, -0.2) is 13.6 Å². The second kappa shape index (κ2) is 6.38. The monoisotopic (exact) mass is 272 g/mol. The highest BCUT2D eigenvalue weighted by atomic mass is 32.2. The lowest BCUT2D eigenvalue weighted by Gasteiger charge is -2.29. The third-order valence-corrected chi connectivity index (χ3v) is 4.75. The van der Waals surface area contributed by atoms with E-state index in [1.807, 2.05) is 11.9 Å². The van der Waals surface area contributed by atoms with Crippen LogP contribution in [-0.2, 0) is 10.0 Å². The molecule has 0 amide bonds. The number of allylic oxidation sites excluding steroid dienone is 2. The zero-order valence-electron chi connectivity index (χ0n) is 11.4. The Balaban J connectivity index is 2.78. The van der Waals surface area contributed by atoms with Gasteiger partial charge in [-0.15, -0.1) is 0 Å². The molecular weight excluding hydrogens is 248 g/mol. The summed E-state index contributed by atoms with van der Waals surface area (Å²) in [6.45, 7) is 6.20. The van der Waals surface area contributed by atoms with Crippen molar-refractivity contribution < 1.29 is 8.42 Å². The van der Waals surface area contributed by atoms with Crippen molar-refractivity contribution in [3.63, 3.8) is 0 Å². The molecule has 2 N–H and O–H groups in total. The van der Waals surface area contributed by atoms with Crippen molar-refractivity contribution in [2.75, 3.05) is 13.6 Å². The van der Waals surface area contributed by atoms with Crippen molar-refractivity contribution in [2.45, 2.75) is 39.0 Å². The molecule has 0 heterocycles. The van der Waals surface area contributed by atoms with Crippen LogP contribution in [0.3, 0.4) is 0 Å². The van der Waals surface area contributed by atoms with E-state index in [2.05, 4.69) is 6.58 Å². The lowest BCUT2D eigenvalue weighted by Crippen LogP contribution is -2.28. The van der Waals surface area contributed by atoms with Crippen molar-refractivity contribution in [3.8, 4) is 0 Å². The Kier molecular flexibility index (Phi) is 5.41. The maximum absolute atomic E-state index is 11.4. The van der Waals surface area contributed by atoms with E-state index < -0.39 is 10.0 Å². The molecule has 0 aliphatic heterocycles. The molecule has 0 unspecified atom stereocenters. The Hall–Kier alpha value is -0.810. The summed E-state index contributed by atoms with van der Waals surface area (Å²) < 4.78 is 22.8. The maximum atomic E-state index is 11.4. The number of nitrogens with two attached hydrogens (primary N) is 1. The first kappa shape index (κ1) is 15.2. The van der Waals surface area contributed by atoms with Gasteiger partial charge in [0.1, 0.15) is 0 Å². The molecule has 0 spiro atoms. The lowest BCUT2D eigenvalue weighted by atomic mass is 9.89. The number of hydrogen-bond acceptors (Lipinski definition) is 3. The summed E-state index contributed by atoms with van der Waals surface area (Å²) in [6.07, 6.45) is 7.68. The van der Waals surface area contributed by atoms with Crippen LogP contribution >= 0.6 is 0 Å². The third-order valence-electron chi connectivity index (χ3n) is 3.68. The van der Waals surface area contributed by atoms with E-state index in [1.54, 1.807) is 6.92 Å². The Bertz CT molecular complexity index is 420. The first-order valence-corrected chi connectivity index (χ1v) is 7.98. The topological polar surface area (TPSA) is 63.4 Å². The summed E-state index contributed by atoms with van der Waals surface area (Å²) in [5.74, 6) is 0.658. The van der Waals surface area contributed by atoms with E-state index in [0.717, 1.165) is 6.54 Å². The Labute approximate surface area is 111 Å². The molecule has 0 radical (unpaired) electrons. The largest absolute Gasteiger partial charge is 0.377 e. The van der Waals surface area contributed by atoms with Gasteiger partial charge in [0.2, 0.25) is 10.0 Å². The summed E-state index contributed by atoms with van der Waals surface area (Å²) >= 11 is 0. The van der Waals surface area contributed by atoms with E-state index >= 15 is 0 Å². The fraction of sp³-hybridized carbons (Fsp3) is 0.692. The van der Waals surface area contributed by atoms with Gasteiger partial charge in [-0.1, -0.05) is 25.8 Å². The minimum atomic E-state index is -3.68. The highest BCUT2D eigenvalue weighted by molar-refractivity contribution is 7.93. The molecule has 0 aromatic heterocycles. The minimum absolute atomic E-state index is 0.126. The highest BCUT2D eigenvalue weighted by Crippen LogP contribution is 2.25. The third kappa shape index (κ3) is 4.14. The fourth-order valence-electron chi connectivity index (χ4n) is 2.55. The smallest absolute Gasteiger partial charge is 0.239 e. The van der Waals surface area contributed by atoms with Gasteiger partial charge < -0.3 is 4.90 Å². The molecule has 0 saturated heterocycles. The molecular formula is C13H24N2O2S. The summed E-state index contributed by atoms with van der Waals surface area (Å²) in [7, 11) is -1.76. The molecule has 104 valence electrons. The Morgan fingerprint density at radius 2 is 1.94 bits per heavy atom. The Morgan fingerprint density at radius 1 is 1.39 bits per heavy atom. The quantitative estimate of drug-likeness (QED) is 0.780. The molecule has 0 bridgehead atoms. The first-order chi connectivity index (χ1) is 8.36. The summed E-state index contributed by atoms with van der Waals surface area (Å²) in [6, 6.07) is 0. The fourth-order valence-corrected chi connectivity index (χ4v) is 3.35. The van der Waals surface area contributed by atoms with Crippen molar-refractivity contribution in [3.05, 3.63) is 23.3 Å². The molecule has 1 saturated carbocycles. The van der Waals surface area contributed by atoms with Gasteiger partial charge >= 0.3 is 0 Å². The number of hydrogen-bond donors (Lipinski definition) is 1. The zero-order valence-corrected chi connectivity index (χ0v) is 12.2. The van der Waals surface area contributed by atoms with Gasteiger partial charge in [-0.2, -0.15) is 0 Å². The van der Waals surface area contributed by atoms with Gasteiger partial charge in [0.25, 0.3) is 0 Å².